The number of benzene rings is 2. The van der Waals surface area contributed by atoms with Crippen LogP contribution in [-0.2, 0) is 11.2 Å². The Bertz CT molecular complexity index is 1470. The lowest BCUT2D eigenvalue weighted by Crippen LogP contribution is -2.23. The second-order valence-electron chi connectivity index (χ2n) is 7.14. The minimum absolute atomic E-state index is 0.0233. The first kappa shape index (κ1) is 23.9. The van der Waals surface area contributed by atoms with Crippen LogP contribution in [0.3, 0.4) is 0 Å². The van der Waals surface area contributed by atoms with Crippen molar-refractivity contribution in [2.24, 2.45) is 0 Å². The molecule has 0 aliphatic rings. The molecule has 2 aromatic heterocycles. The Labute approximate surface area is 205 Å². The number of non-ortho nitro benzene ring substituents is 1. The monoisotopic (exact) mass is 513 g/mol. The normalized spacial score (nSPS) is 10.8. The van der Waals surface area contributed by atoms with E-state index in [1.54, 1.807) is 28.8 Å². The van der Waals surface area contributed by atoms with Crippen LogP contribution in [0, 0.1) is 10.1 Å². The fraction of sp³-hybridized carbons (Fsp3) is 0.0952. The van der Waals surface area contributed by atoms with Crippen molar-refractivity contribution in [3.8, 4) is 5.69 Å². The fourth-order valence-electron chi connectivity index (χ4n) is 3.14. The molecule has 178 valence electrons. The SMILES string of the molecule is O=C(CSc1nnc(Cc2cc(=O)[nH]c(=O)[nH]2)n1-c1ccc(Cl)cc1)Nc1ccc([N+](=O)[O-])cc1. The number of hydrogen-bond donors (Lipinski definition) is 3. The van der Waals surface area contributed by atoms with Gasteiger partial charge in [-0.1, -0.05) is 23.4 Å². The van der Waals surface area contributed by atoms with Gasteiger partial charge < -0.3 is 10.3 Å². The lowest BCUT2D eigenvalue weighted by atomic mass is 10.2. The zero-order chi connectivity index (χ0) is 24.9. The number of amides is 1. The molecule has 0 unspecified atom stereocenters. The van der Waals surface area contributed by atoms with Crippen molar-refractivity contribution in [1.29, 1.82) is 0 Å². The summed E-state index contributed by atoms with van der Waals surface area (Å²) in [5.74, 6) is 0.0479. The van der Waals surface area contributed by atoms with E-state index in [9.17, 15) is 24.5 Å². The van der Waals surface area contributed by atoms with E-state index in [2.05, 4.69) is 25.5 Å². The van der Waals surface area contributed by atoms with Crippen LogP contribution >= 0.6 is 23.4 Å². The highest BCUT2D eigenvalue weighted by atomic mass is 35.5. The standard InChI is InChI=1S/C21H16ClN7O5S/c22-12-1-5-15(6-2-12)28-17(9-14-10-18(30)25-20(32)24-14)26-27-21(28)35-11-19(31)23-13-3-7-16(8-4-13)29(33)34/h1-8,10H,9,11H2,(H,23,31)(H2,24,25,30,32). The number of anilines is 1. The van der Waals surface area contributed by atoms with Crippen LogP contribution in [0.4, 0.5) is 11.4 Å². The summed E-state index contributed by atoms with van der Waals surface area (Å²) in [5.41, 5.74) is 0.164. The molecule has 2 heterocycles. The number of thioether (sulfide) groups is 1. The summed E-state index contributed by atoms with van der Waals surface area (Å²) in [5, 5.41) is 22.7. The summed E-state index contributed by atoms with van der Waals surface area (Å²) in [7, 11) is 0. The molecule has 3 N–H and O–H groups in total. The van der Waals surface area contributed by atoms with Crippen molar-refractivity contribution in [2.75, 3.05) is 11.1 Å². The van der Waals surface area contributed by atoms with Crippen molar-refractivity contribution in [3.63, 3.8) is 0 Å². The summed E-state index contributed by atoms with van der Waals surface area (Å²) in [6.45, 7) is 0. The Kier molecular flexibility index (Phi) is 7.08. The number of nitro groups is 1. The number of halogens is 1. The zero-order valence-electron chi connectivity index (χ0n) is 17.7. The quantitative estimate of drug-likeness (QED) is 0.183. The summed E-state index contributed by atoms with van der Waals surface area (Å²) >= 11 is 7.13. The molecule has 0 bridgehead atoms. The molecule has 0 aliphatic heterocycles. The van der Waals surface area contributed by atoms with Crippen LogP contribution in [0.2, 0.25) is 5.02 Å². The van der Waals surface area contributed by atoms with Crippen molar-refractivity contribution >= 4 is 40.6 Å². The van der Waals surface area contributed by atoms with E-state index in [0.717, 1.165) is 11.8 Å². The Morgan fingerprint density at radius 3 is 2.46 bits per heavy atom. The van der Waals surface area contributed by atoms with Gasteiger partial charge in [0.05, 0.1) is 10.7 Å². The third kappa shape index (κ3) is 6.02. The topological polar surface area (TPSA) is 169 Å². The van der Waals surface area contributed by atoms with Gasteiger partial charge in [-0.05, 0) is 36.4 Å². The fourth-order valence-corrected chi connectivity index (χ4v) is 4.03. The molecule has 0 saturated heterocycles. The Morgan fingerprint density at radius 1 is 1.09 bits per heavy atom. The Hall–Kier alpha value is -4.23. The van der Waals surface area contributed by atoms with Gasteiger partial charge in [-0.25, -0.2) is 4.79 Å². The highest BCUT2D eigenvalue weighted by Gasteiger charge is 2.17. The number of rotatable bonds is 8. The molecule has 0 saturated carbocycles. The molecule has 0 atom stereocenters. The van der Waals surface area contributed by atoms with E-state index in [0.29, 0.717) is 33.1 Å². The Morgan fingerprint density at radius 2 is 1.80 bits per heavy atom. The van der Waals surface area contributed by atoms with Gasteiger partial charge in [0.15, 0.2) is 5.16 Å². The van der Waals surface area contributed by atoms with Gasteiger partial charge in [0, 0.05) is 46.7 Å². The van der Waals surface area contributed by atoms with E-state index in [-0.39, 0.29) is 23.8 Å². The molecule has 2 aromatic carbocycles. The molecule has 0 spiro atoms. The minimum atomic E-state index is -0.637. The molecule has 35 heavy (non-hydrogen) atoms. The molecule has 0 fully saturated rings. The number of hydrogen-bond acceptors (Lipinski definition) is 8. The molecule has 1 amide bonds. The Balaban J connectivity index is 1.55. The molecule has 4 rings (SSSR count). The maximum Gasteiger partial charge on any atom is 0.325 e. The van der Waals surface area contributed by atoms with Crippen molar-refractivity contribution in [1.82, 2.24) is 24.7 Å². The third-order valence-electron chi connectivity index (χ3n) is 4.64. The van der Waals surface area contributed by atoms with Gasteiger partial charge >= 0.3 is 5.69 Å². The minimum Gasteiger partial charge on any atom is -0.325 e. The molecule has 4 aromatic rings. The van der Waals surface area contributed by atoms with Gasteiger partial charge in [-0.2, -0.15) is 0 Å². The first-order valence-electron chi connectivity index (χ1n) is 9.98. The highest BCUT2D eigenvalue weighted by Crippen LogP contribution is 2.25. The first-order chi connectivity index (χ1) is 16.8. The predicted molar refractivity (Wildman–Crippen MR) is 129 cm³/mol. The average molecular weight is 514 g/mol. The number of nitro benzene ring substituents is 1. The number of aromatic amines is 2. The van der Waals surface area contributed by atoms with E-state index in [1.807, 2.05) is 0 Å². The zero-order valence-corrected chi connectivity index (χ0v) is 19.3. The number of carbonyl (C=O) groups is 1. The highest BCUT2D eigenvalue weighted by molar-refractivity contribution is 7.99. The van der Waals surface area contributed by atoms with E-state index >= 15 is 0 Å². The number of H-pyrrole nitrogens is 2. The summed E-state index contributed by atoms with van der Waals surface area (Å²) in [4.78, 5) is 50.7. The molecule has 0 aliphatic carbocycles. The second kappa shape index (κ2) is 10.4. The van der Waals surface area contributed by atoms with Crippen LogP contribution in [0.25, 0.3) is 5.69 Å². The third-order valence-corrected chi connectivity index (χ3v) is 5.83. The average Bonchev–Trinajstić information content (AvgIpc) is 3.20. The lowest BCUT2D eigenvalue weighted by molar-refractivity contribution is -0.384. The van der Waals surface area contributed by atoms with Gasteiger partial charge in [0.25, 0.3) is 11.2 Å². The smallest absolute Gasteiger partial charge is 0.325 e. The number of carbonyl (C=O) groups excluding carboxylic acids is 1. The van der Waals surface area contributed by atoms with Crippen molar-refractivity contribution < 1.29 is 9.72 Å². The molecular formula is C21H16ClN7O5S. The van der Waals surface area contributed by atoms with Crippen LogP contribution in [0.5, 0.6) is 0 Å². The number of nitrogens with one attached hydrogen (secondary N) is 3. The molecule has 0 radical (unpaired) electrons. The van der Waals surface area contributed by atoms with Crippen LogP contribution in [0.15, 0.2) is 69.3 Å². The van der Waals surface area contributed by atoms with Gasteiger partial charge in [0.1, 0.15) is 5.82 Å². The molecular weight excluding hydrogens is 498 g/mol. The maximum absolute atomic E-state index is 12.5. The first-order valence-corrected chi connectivity index (χ1v) is 11.3. The molecule has 14 heteroatoms. The second-order valence-corrected chi connectivity index (χ2v) is 8.52. The van der Waals surface area contributed by atoms with Gasteiger partial charge in [-0.15, -0.1) is 10.2 Å². The largest absolute Gasteiger partial charge is 0.325 e. The molecule has 12 nitrogen and oxygen atoms in total. The number of aromatic nitrogens is 5. The van der Waals surface area contributed by atoms with Crippen molar-refractivity contribution in [3.05, 3.63) is 102 Å². The van der Waals surface area contributed by atoms with Gasteiger partial charge in [0.2, 0.25) is 5.91 Å². The van der Waals surface area contributed by atoms with Gasteiger partial charge in [-0.3, -0.25) is 29.3 Å². The van der Waals surface area contributed by atoms with E-state index < -0.39 is 16.2 Å². The predicted octanol–water partition coefficient (Wildman–Crippen LogP) is 2.53. The lowest BCUT2D eigenvalue weighted by Gasteiger charge is -2.11. The van der Waals surface area contributed by atoms with Crippen LogP contribution in [-0.4, -0.2) is 41.3 Å². The van der Waals surface area contributed by atoms with E-state index in [4.69, 9.17) is 11.6 Å². The summed E-state index contributed by atoms with van der Waals surface area (Å²) in [6.07, 6.45) is 0.102. The van der Waals surface area contributed by atoms with Crippen molar-refractivity contribution in [2.45, 2.75) is 11.6 Å². The number of nitrogens with zero attached hydrogens (tertiary/aromatic N) is 4. The maximum atomic E-state index is 12.5. The van der Waals surface area contributed by atoms with Crippen LogP contribution < -0.4 is 16.6 Å². The van der Waals surface area contributed by atoms with Crippen LogP contribution in [0.1, 0.15) is 11.5 Å². The summed E-state index contributed by atoms with van der Waals surface area (Å²) in [6, 6.07) is 13.6. The summed E-state index contributed by atoms with van der Waals surface area (Å²) < 4.78 is 1.69. The van der Waals surface area contributed by atoms with E-state index in [1.165, 1.54) is 30.3 Å².